The Balaban J connectivity index is 4.00. The first-order valence-electron chi connectivity index (χ1n) is 3.50. The maximum Gasteiger partial charge on any atom is 0.258 e. The second-order valence-electron chi connectivity index (χ2n) is 2.40. The van der Waals surface area contributed by atoms with Crippen molar-refractivity contribution in [3.63, 3.8) is 0 Å². The van der Waals surface area contributed by atoms with Gasteiger partial charge in [-0.25, -0.2) is 0 Å². The summed E-state index contributed by atoms with van der Waals surface area (Å²) in [4.78, 5) is 10.2. The van der Waals surface area contributed by atoms with E-state index in [0.29, 0.717) is 6.54 Å². The summed E-state index contributed by atoms with van der Waals surface area (Å²) in [5.41, 5.74) is 0. The van der Waals surface area contributed by atoms with Gasteiger partial charge in [-0.1, -0.05) is 0 Å². The number of alkyl halides is 1. The van der Waals surface area contributed by atoms with Crippen LogP contribution in [0, 0.1) is 0 Å². The lowest BCUT2D eigenvalue weighted by atomic mass is 10.4. The van der Waals surface area contributed by atoms with Gasteiger partial charge < -0.3 is 4.48 Å². The van der Waals surface area contributed by atoms with Gasteiger partial charge >= 0.3 is 0 Å². The summed E-state index contributed by atoms with van der Waals surface area (Å²) in [5.74, 6) is 0. The van der Waals surface area contributed by atoms with E-state index in [1.807, 2.05) is 6.29 Å². The minimum atomic E-state index is 0.538. The largest absolute Gasteiger partial charge is 0.309 e. The van der Waals surface area contributed by atoms with Crippen LogP contribution in [-0.2, 0) is 4.79 Å². The highest BCUT2D eigenvalue weighted by Gasteiger charge is 2.20. The zero-order valence-corrected chi connectivity index (χ0v) is 8.72. The van der Waals surface area contributed by atoms with Crippen LogP contribution in [-0.4, -0.2) is 35.0 Å². The maximum atomic E-state index is 10.2. The van der Waals surface area contributed by atoms with Gasteiger partial charge in [0, 0.05) is 0 Å². The second-order valence-corrected chi connectivity index (χ2v) is 3.08. The Labute approximate surface area is 76.3 Å². The van der Waals surface area contributed by atoms with Crippen LogP contribution in [0.15, 0.2) is 0 Å². The first-order chi connectivity index (χ1) is 4.74. The van der Waals surface area contributed by atoms with E-state index in [1.165, 1.54) is 0 Å². The highest BCUT2D eigenvalue weighted by molar-refractivity contribution is 14.1. The predicted octanol–water partition coefficient (Wildman–Crippen LogP) is 1.35. The molecule has 2 nitrogen and oxygen atoms in total. The van der Waals surface area contributed by atoms with Crippen LogP contribution < -0.4 is 0 Å². The molecule has 0 aliphatic carbocycles. The van der Waals surface area contributed by atoms with E-state index in [9.17, 15) is 4.79 Å². The molecule has 0 aromatic heterocycles. The number of quaternary nitrogens is 1. The molecular formula is C7H14INO+. The number of halogens is 1. The molecule has 0 rings (SSSR count). The first-order valence-corrected chi connectivity index (χ1v) is 5.03. The monoisotopic (exact) mass is 255 g/mol. The molecule has 59 valence electrons. The predicted molar refractivity (Wildman–Crippen MR) is 50.8 cm³/mol. The minimum absolute atomic E-state index is 0.538. The summed E-state index contributed by atoms with van der Waals surface area (Å²) >= 11 is 2.32. The average molecular weight is 255 g/mol. The number of rotatable bonds is 5. The van der Waals surface area contributed by atoms with Crippen LogP contribution in [0.5, 0.6) is 0 Å². The van der Waals surface area contributed by atoms with Crippen LogP contribution >= 0.6 is 22.6 Å². The lowest BCUT2D eigenvalue weighted by Gasteiger charge is -2.32. The fraction of sp³-hybridized carbons (Fsp3) is 0.857. The van der Waals surface area contributed by atoms with Gasteiger partial charge in [0.1, 0.15) is 11.1 Å². The molecule has 0 saturated heterocycles. The van der Waals surface area contributed by atoms with Crippen molar-refractivity contribution in [2.24, 2.45) is 0 Å². The molecule has 0 amide bonds. The molecule has 10 heavy (non-hydrogen) atoms. The Bertz CT molecular complexity index is 93.5. The summed E-state index contributed by atoms with van der Waals surface area (Å²) in [6.45, 7) is 6.80. The van der Waals surface area contributed by atoms with E-state index in [-0.39, 0.29) is 0 Å². The topological polar surface area (TPSA) is 17.1 Å². The molecule has 0 atom stereocenters. The SMILES string of the molecule is CC[N+](CC)(CI)C[C]=O. The third kappa shape index (κ3) is 2.54. The molecule has 0 saturated carbocycles. The molecule has 3 heteroatoms. The van der Waals surface area contributed by atoms with Gasteiger partial charge in [0.25, 0.3) is 6.29 Å². The number of hydrogen-bond donors (Lipinski definition) is 0. The lowest BCUT2D eigenvalue weighted by molar-refractivity contribution is -0.900. The van der Waals surface area contributed by atoms with Gasteiger partial charge in [0.05, 0.1) is 13.1 Å². The van der Waals surface area contributed by atoms with E-state index < -0.39 is 0 Å². The summed E-state index contributed by atoms with van der Waals surface area (Å²) < 4.78 is 1.87. The minimum Gasteiger partial charge on any atom is -0.309 e. The van der Waals surface area contributed by atoms with Gasteiger partial charge in [0.2, 0.25) is 0 Å². The third-order valence-corrected chi connectivity index (χ3v) is 3.44. The van der Waals surface area contributed by atoms with Crippen LogP contribution in [0.2, 0.25) is 0 Å². The quantitative estimate of drug-likeness (QED) is 0.313. The van der Waals surface area contributed by atoms with Gasteiger partial charge in [-0.05, 0) is 36.4 Å². The standard InChI is InChI=1S/C7H14INO/c1-3-9(4-2,7-8)5-6-10/h3-5,7H2,1-2H3/q+1. The Hall–Kier alpha value is 0.360. The maximum absolute atomic E-state index is 10.2. The number of carbonyl (C=O) groups excluding carboxylic acids is 1. The molecule has 0 N–H and O–H groups in total. The van der Waals surface area contributed by atoms with E-state index in [0.717, 1.165) is 22.1 Å². The van der Waals surface area contributed by atoms with Gasteiger partial charge in [-0.15, -0.1) is 0 Å². The van der Waals surface area contributed by atoms with Crippen molar-refractivity contribution in [2.45, 2.75) is 13.8 Å². The molecule has 0 aliphatic heterocycles. The normalized spacial score (nSPS) is 11.5. The summed E-state index contributed by atoms with van der Waals surface area (Å²) in [6.07, 6.45) is 1.98. The molecule has 0 heterocycles. The van der Waals surface area contributed by atoms with Crippen LogP contribution in [0.3, 0.4) is 0 Å². The summed E-state index contributed by atoms with van der Waals surface area (Å²) in [7, 11) is 0. The molecule has 0 unspecified atom stereocenters. The fourth-order valence-electron chi connectivity index (χ4n) is 0.795. The zero-order valence-electron chi connectivity index (χ0n) is 6.56. The van der Waals surface area contributed by atoms with Crippen molar-refractivity contribution in [1.82, 2.24) is 0 Å². The third-order valence-electron chi connectivity index (χ3n) is 2.00. The highest BCUT2D eigenvalue weighted by atomic mass is 127. The molecule has 1 radical (unpaired) electrons. The second kappa shape index (κ2) is 5.07. The van der Waals surface area contributed by atoms with Crippen molar-refractivity contribution < 1.29 is 9.28 Å². The molecule has 0 aromatic rings. The summed E-state index contributed by atoms with van der Waals surface area (Å²) in [5, 5.41) is 0. The smallest absolute Gasteiger partial charge is 0.258 e. The number of likely N-dealkylation sites (N-methyl/N-ethyl adjacent to an activating group) is 1. The van der Waals surface area contributed by atoms with Crippen LogP contribution in [0.25, 0.3) is 0 Å². The van der Waals surface area contributed by atoms with E-state index in [4.69, 9.17) is 0 Å². The molecule has 0 aliphatic rings. The van der Waals surface area contributed by atoms with Crippen molar-refractivity contribution in [1.29, 1.82) is 0 Å². The van der Waals surface area contributed by atoms with E-state index in [1.54, 1.807) is 0 Å². The Morgan fingerprint density at radius 3 is 2.00 bits per heavy atom. The first kappa shape index (κ1) is 10.4. The fourth-order valence-corrected chi connectivity index (χ4v) is 2.00. The van der Waals surface area contributed by atoms with Crippen molar-refractivity contribution >= 4 is 28.9 Å². The molecule has 0 fully saturated rings. The average Bonchev–Trinajstić information content (AvgIpc) is 2.01. The van der Waals surface area contributed by atoms with Gasteiger partial charge in [-0.3, -0.25) is 4.79 Å². The zero-order chi connectivity index (χ0) is 8.04. The number of nitrogens with zero attached hydrogens (tertiary/aromatic N) is 1. The Morgan fingerprint density at radius 2 is 1.90 bits per heavy atom. The lowest BCUT2D eigenvalue weighted by Crippen LogP contribution is -2.47. The van der Waals surface area contributed by atoms with Gasteiger partial charge in [-0.2, -0.15) is 0 Å². The van der Waals surface area contributed by atoms with Crippen LogP contribution in [0.1, 0.15) is 13.8 Å². The van der Waals surface area contributed by atoms with Crippen LogP contribution in [0.4, 0.5) is 0 Å². The molecular weight excluding hydrogens is 241 g/mol. The van der Waals surface area contributed by atoms with Gasteiger partial charge in [0.15, 0.2) is 0 Å². The molecule has 0 aromatic carbocycles. The van der Waals surface area contributed by atoms with Crippen molar-refractivity contribution in [3.05, 3.63) is 0 Å². The van der Waals surface area contributed by atoms with Crippen molar-refractivity contribution in [3.8, 4) is 0 Å². The van der Waals surface area contributed by atoms with E-state index >= 15 is 0 Å². The number of hydrogen-bond acceptors (Lipinski definition) is 1. The molecule has 0 spiro atoms. The van der Waals surface area contributed by atoms with Crippen molar-refractivity contribution in [2.75, 3.05) is 24.2 Å². The van der Waals surface area contributed by atoms with E-state index in [2.05, 4.69) is 36.4 Å². The Morgan fingerprint density at radius 1 is 1.40 bits per heavy atom. The highest BCUT2D eigenvalue weighted by Crippen LogP contribution is 2.07. The molecule has 0 bridgehead atoms. The Kier molecular flexibility index (Phi) is 5.25. The summed E-state index contributed by atoms with van der Waals surface area (Å²) in [6, 6.07) is 0.